The van der Waals surface area contributed by atoms with Crippen LogP contribution in [0.5, 0.6) is 0 Å². The monoisotopic (exact) mass is 339 g/mol. The molecule has 0 N–H and O–H groups in total. The third kappa shape index (κ3) is 3.27. The summed E-state index contributed by atoms with van der Waals surface area (Å²) in [5, 5.41) is 2.18. The van der Waals surface area contributed by atoms with Gasteiger partial charge in [0, 0.05) is 19.5 Å². The number of carbonyl (C=O) groups excluding carboxylic acids is 3. The van der Waals surface area contributed by atoms with Crippen LogP contribution in [0.15, 0.2) is 42.5 Å². The normalized spacial score (nSPS) is 20.3. The summed E-state index contributed by atoms with van der Waals surface area (Å²) in [6.07, 6.45) is 0.449. The molecule has 25 heavy (non-hydrogen) atoms. The maximum absolute atomic E-state index is 12.4. The maximum Gasteiger partial charge on any atom is 0.305 e. The highest BCUT2D eigenvalue weighted by atomic mass is 16.5. The molecule has 130 valence electrons. The van der Waals surface area contributed by atoms with Gasteiger partial charge in [-0.3, -0.25) is 14.4 Å². The fourth-order valence-electron chi connectivity index (χ4n) is 3.40. The summed E-state index contributed by atoms with van der Waals surface area (Å²) < 4.78 is 4.64. The van der Waals surface area contributed by atoms with Crippen molar-refractivity contribution in [2.75, 3.05) is 13.7 Å². The van der Waals surface area contributed by atoms with E-state index in [-0.39, 0.29) is 12.4 Å². The second-order valence-electron chi connectivity index (χ2n) is 6.77. The molecular weight excluding hydrogens is 318 g/mol. The molecule has 1 aliphatic heterocycles. The van der Waals surface area contributed by atoms with Gasteiger partial charge >= 0.3 is 5.97 Å². The van der Waals surface area contributed by atoms with Gasteiger partial charge in [0.05, 0.1) is 12.5 Å². The standard InChI is InChI=1S/C20H21NO4/c1-20(11-10-17(22)25-2)13-21(19(24)18(20)23)12-15-8-5-7-14-6-3-4-9-16(14)15/h3-9H,10-13H2,1-2H3/t20-/m1/s1. The Kier molecular flexibility index (Phi) is 4.57. The summed E-state index contributed by atoms with van der Waals surface area (Å²) in [6.45, 7) is 2.46. The first-order valence-corrected chi connectivity index (χ1v) is 8.32. The van der Waals surface area contributed by atoms with Crippen molar-refractivity contribution in [2.45, 2.75) is 26.3 Å². The lowest BCUT2D eigenvalue weighted by molar-refractivity contribution is -0.144. The van der Waals surface area contributed by atoms with Crippen molar-refractivity contribution >= 4 is 28.4 Å². The molecule has 1 amide bonds. The van der Waals surface area contributed by atoms with Crippen LogP contribution in [0.4, 0.5) is 0 Å². The third-order valence-corrected chi connectivity index (χ3v) is 4.92. The number of hydrogen-bond acceptors (Lipinski definition) is 4. The topological polar surface area (TPSA) is 63.7 Å². The van der Waals surface area contributed by atoms with Crippen LogP contribution >= 0.6 is 0 Å². The molecule has 3 rings (SSSR count). The minimum atomic E-state index is -0.837. The molecule has 0 unspecified atom stereocenters. The summed E-state index contributed by atoms with van der Waals surface area (Å²) in [4.78, 5) is 37.9. The fraction of sp³-hybridized carbons (Fsp3) is 0.350. The zero-order valence-electron chi connectivity index (χ0n) is 14.5. The van der Waals surface area contributed by atoms with Crippen molar-refractivity contribution in [3.8, 4) is 0 Å². The molecule has 0 aliphatic carbocycles. The number of ether oxygens (including phenoxy) is 1. The van der Waals surface area contributed by atoms with Crippen LogP contribution in [0.3, 0.4) is 0 Å². The fourth-order valence-corrected chi connectivity index (χ4v) is 3.40. The highest BCUT2D eigenvalue weighted by molar-refractivity contribution is 6.40. The minimum Gasteiger partial charge on any atom is -0.469 e. The number of ketones is 1. The van der Waals surface area contributed by atoms with E-state index in [0.717, 1.165) is 16.3 Å². The van der Waals surface area contributed by atoms with Crippen molar-refractivity contribution in [2.24, 2.45) is 5.41 Å². The molecular formula is C20H21NO4. The van der Waals surface area contributed by atoms with Crippen molar-refractivity contribution in [1.29, 1.82) is 0 Å². The van der Waals surface area contributed by atoms with E-state index in [4.69, 9.17) is 0 Å². The summed E-state index contributed by atoms with van der Waals surface area (Å²) in [5.74, 6) is -1.26. The van der Waals surface area contributed by atoms with E-state index in [1.165, 1.54) is 7.11 Å². The smallest absolute Gasteiger partial charge is 0.305 e. The number of nitrogens with zero attached hydrogens (tertiary/aromatic N) is 1. The molecule has 1 atom stereocenters. The van der Waals surface area contributed by atoms with Crippen LogP contribution in [0.25, 0.3) is 10.8 Å². The zero-order valence-corrected chi connectivity index (χ0v) is 14.5. The number of benzene rings is 2. The van der Waals surface area contributed by atoms with Crippen molar-refractivity contribution in [1.82, 2.24) is 4.90 Å². The number of carbonyl (C=O) groups is 3. The molecule has 0 radical (unpaired) electrons. The lowest BCUT2D eigenvalue weighted by Crippen LogP contribution is -2.28. The van der Waals surface area contributed by atoms with Gasteiger partial charge in [-0.1, -0.05) is 49.4 Å². The molecule has 1 heterocycles. The number of rotatable bonds is 5. The van der Waals surface area contributed by atoms with Gasteiger partial charge in [-0.2, -0.15) is 0 Å². The zero-order chi connectivity index (χ0) is 18.0. The lowest BCUT2D eigenvalue weighted by Gasteiger charge is -2.22. The van der Waals surface area contributed by atoms with E-state index in [9.17, 15) is 14.4 Å². The molecule has 1 saturated heterocycles. The molecule has 2 aromatic rings. The summed E-state index contributed by atoms with van der Waals surface area (Å²) in [5.41, 5.74) is 0.173. The van der Waals surface area contributed by atoms with E-state index in [1.807, 2.05) is 42.5 Å². The maximum atomic E-state index is 12.4. The average molecular weight is 339 g/mol. The van der Waals surface area contributed by atoms with Gasteiger partial charge in [0.15, 0.2) is 0 Å². The number of fused-ring (bicyclic) bond motifs is 1. The number of Topliss-reactive ketones (excluding diaryl/α,β-unsaturated/α-hetero) is 1. The Labute approximate surface area is 146 Å². The molecule has 0 saturated carbocycles. The van der Waals surface area contributed by atoms with Crippen molar-refractivity contribution in [3.05, 3.63) is 48.0 Å². The molecule has 0 aromatic heterocycles. The van der Waals surface area contributed by atoms with Gasteiger partial charge in [0.25, 0.3) is 5.91 Å². The van der Waals surface area contributed by atoms with Crippen LogP contribution in [0.1, 0.15) is 25.3 Å². The molecule has 5 nitrogen and oxygen atoms in total. The largest absolute Gasteiger partial charge is 0.469 e. The summed E-state index contributed by atoms with van der Waals surface area (Å²) in [7, 11) is 1.32. The number of amides is 1. The van der Waals surface area contributed by atoms with Crippen LogP contribution < -0.4 is 0 Å². The SMILES string of the molecule is COC(=O)CC[C@]1(C)CN(Cc2cccc3ccccc23)C(=O)C1=O. The second-order valence-corrected chi connectivity index (χ2v) is 6.77. The summed E-state index contributed by atoms with van der Waals surface area (Å²) in [6, 6.07) is 13.9. The van der Waals surface area contributed by atoms with Gasteiger partial charge in [-0.25, -0.2) is 0 Å². The van der Waals surface area contributed by atoms with Gasteiger partial charge in [0.2, 0.25) is 5.78 Å². The first-order valence-electron chi connectivity index (χ1n) is 8.32. The Hall–Kier alpha value is -2.69. The number of methoxy groups -OCH3 is 1. The van der Waals surface area contributed by atoms with Crippen molar-refractivity contribution in [3.63, 3.8) is 0 Å². The van der Waals surface area contributed by atoms with Crippen LogP contribution in [-0.4, -0.2) is 36.2 Å². The van der Waals surface area contributed by atoms with E-state index in [2.05, 4.69) is 4.74 Å². The number of hydrogen-bond donors (Lipinski definition) is 0. The Morgan fingerprint density at radius 3 is 2.64 bits per heavy atom. The Bertz CT molecular complexity index is 839. The quantitative estimate of drug-likeness (QED) is 0.621. The second kappa shape index (κ2) is 6.67. The van der Waals surface area contributed by atoms with Crippen LogP contribution in [0, 0.1) is 5.41 Å². The predicted molar refractivity (Wildman–Crippen MR) is 93.7 cm³/mol. The molecule has 0 bridgehead atoms. The molecule has 1 fully saturated rings. The van der Waals surface area contributed by atoms with Crippen LogP contribution in [-0.2, 0) is 25.7 Å². The van der Waals surface area contributed by atoms with E-state index >= 15 is 0 Å². The predicted octanol–water partition coefficient (Wildman–Crippen LogP) is 2.71. The Morgan fingerprint density at radius 1 is 1.16 bits per heavy atom. The van der Waals surface area contributed by atoms with Crippen LogP contribution in [0.2, 0.25) is 0 Å². The number of likely N-dealkylation sites (tertiary alicyclic amines) is 1. The molecule has 0 spiro atoms. The molecule has 2 aromatic carbocycles. The highest BCUT2D eigenvalue weighted by Crippen LogP contribution is 2.34. The number of esters is 1. The van der Waals surface area contributed by atoms with Gasteiger partial charge < -0.3 is 9.64 Å². The van der Waals surface area contributed by atoms with Gasteiger partial charge in [0.1, 0.15) is 0 Å². The van der Waals surface area contributed by atoms with Crippen molar-refractivity contribution < 1.29 is 19.1 Å². The van der Waals surface area contributed by atoms with E-state index in [0.29, 0.717) is 19.5 Å². The van der Waals surface area contributed by atoms with E-state index in [1.54, 1.807) is 11.8 Å². The van der Waals surface area contributed by atoms with Gasteiger partial charge in [-0.15, -0.1) is 0 Å². The third-order valence-electron chi connectivity index (χ3n) is 4.92. The summed E-state index contributed by atoms with van der Waals surface area (Å²) >= 11 is 0. The highest BCUT2D eigenvalue weighted by Gasteiger charge is 2.48. The Balaban J connectivity index is 1.80. The molecule has 1 aliphatic rings. The first-order chi connectivity index (χ1) is 11.9. The van der Waals surface area contributed by atoms with Gasteiger partial charge in [-0.05, 0) is 22.8 Å². The first kappa shape index (κ1) is 17.1. The Morgan fingerprint density at radius 2 is 1.88 bits per heavy atom. The average Bonchev–Trinajstić information content (AvgIpc) is 2.84. The minimum absolute atomic E-state index is 0.133. The van der Waals surface area contributed by atoms with E-state index < -0.39 is 17.1 Å². The lowest BCUT2D eigenvalue weighted by atomic mass is 9.83. The molecule has 5 heteroatoms.